The molecule has 1 aliphatic rings. The van der Waals surface area contributed by atoms with Crippen molar-refractivity contribution in [3.63, 3.8) is 0 Å². The first-order chi connectivity index (χ1) is 6.25. The topological polar surface area (TPSA) is 3.24 Å². The van der Waals surface area contributed by atoms with Gasteiger partial charge in [-0.1, -0.05) is 34.1 Å². The molecule has 0 saturated carbocycles. The summed E-state index contributed by atoms with van der Waals surface area (Å²) in [5, 5.41) is 0. The Morgan fingerprint density at radius 3 is 2.85 bits per heavy atom. The minimum absolute atomic E-state index is 1.07. The van der Waals surface area contributed by atoms with Crippen molar-refractivity contribution >= 4 is 21.5 Å². The van der Waals surface area contributed by atoms with Crippen LogP contribution in [0.4, 0.5) is 0 Å². The summed E-state index contributed by atoms with van der Waals surface area (Å²) in [6.45, 7) is 2.14. The molecule has 2 heteroatoms. The summed E-state index contributed by atoms with van der Waals surface area (Å²) in [6.07, 6.45) is 2.29. The highest BCUT2D eigenvalue weighted by molar-refractivity contribution is 9.10. The molecule has 0 N–H and O–H groups in total. The molecule has 1 aromatic carbocycles. The van der Waals surface area contributed by atoms with E-state index in [9.17, 15) is 0 Å². The molecule has 0 fully saturated rings. The number of benzene rings is 1. The third kappa shape index (κ3) is 2.01. The fraction of sp³-hybridized carbons (Fsp3) is 0.273. The van der Waals surface area contributed by atoms with Gasteiger partial charge in [0.15, 0.2) is 0 Å². The molecule has 0 atom stereocenters. The van der Waals surface area contributed by atoms with Crippen LogP contribution >= 0.6 is 15.9 Å². The van der Waals surface area contributed by atoms with E-state index in [1.165, 1.54) is 11.1 Å². The Hall–Kier alpha value is -0.600. The zero-order valence-corrected chi connectivity index (χ0v) is 9.21. The Balaban J connectivity index is 2.26. The van der Waals surface area contributed by atoms with E-state index in [0.29, 0.717) is 0 Å². The van der Waals surface area contributed by atoms with Crippen molar-refractivity contribution in [1.82, 2.24) is 4.90 Å². The summed E-state index contributed by atoms with van der Waals surface area (Å²) in [6, 6.07) is 8.47. The third-order valence-electron chi connectivity index (χ3n) is 2.29. The largest absolute Gasteiger partial charge is 0.298 e. The van der Waals surface area contributed by atoms with E-state index in [-0.39, 0.29) is 0 Å². The molecule has 0 aliphatic carbocycles. The number of rotatable bonds is 1. The van der Waals surface area contributed by atoms with Gasteiger partial charge < -0.3 is 0 Å². The highest BCUT2D eigenvalue weighted by Crippen LogP contribution is 2.22. The van der Waals surface area contributed by atoms with Gasteiger partial charge in [-0.3, -0.25) is 4.90 Å². The lowest BCUT2D eigenvalue weighted by Gasteiger charge is -2.07. The molecular formula is C11H12BrN. The molecule has 68 valence electrons. The van der Waals surface area contributed by atoms with Crippen LogP contribution < -0.4 is 0 Å². The van der Waals surface area contributed by atoms with Crippen LogP contribution in [0.3, 0.4) is 0 Å². The molecule has 2 rings (SSSR count). The number of halogens is 1. The fourth-order valence-corrected chi connectivity index (χ4v) is 1.98. The molecule has 0 aromatic heterocycles. The van der Waals surface area contributed by atoms with Crippen LogP contribution in [-0.4, -0.2) is 25.0 Å². The van der Waals surface area contributed by atoms with Gasteiger partial charge in [0, 0.05) is 17.6 Å². The summed E-state index contributed by atoms with van der Waals surface area (Å²) in [5.41, 5.74) is 2.77. The molecule has 1 heterocycles. The van der Waals surface area contributed by atoms with E-state index in [1.54, 1.807) is 0 Å². The molecule has 0 saturated heterocycles. The summed E-state index contributed by atoms with van der Waals surface area (Å²) in [5.74, 6) is 0. The standard InChI is InChI=1S/C11H12BrN/c1-13-6-5-10(8-13)9-3-2-4-11(12)7-9/h2-5,7H,6,8H2,1H3. The quantitative estimate of drug-likeness (QED) is 0.727. The summed E-state index contributed by atoms with van der Waals surface area (Å²) >= 11 is 3.48. The predicted molar refractivity (Wildman–Crippen MR) is 59.6 cm³/mol. The molecule has 0 radical (unpaired) electrons. The number of nitrogens with zero attached hydrogens (tertiary/aromatic N) is 1. The average molecular weight is 238 g/mol. The van der Waals surface area contributed by atoms with Crippen LogP contribution in [0.2, 0.25) is 0 Å². The van der Waals surface area contributed by atoms with Crippen molar-refractivity contribution in [3.8, 4) is 0 Å². The highest BCUT2D eigenvalue weighted by Gasteiger charge is 2.10. The SMILES string of the molecule is CN1CC=C(c2cccc(Br)c2)C1. The van der Waals surface area contributed by atoms with Crippen LogP contribution in [0.1, 0.15) is 5.56 Å². The number of hydrogen-bond acceptors (Lipinski definition) is 1. The summed E-state index contributed by atoms with van der Waals surface area (Å²) in [7, 11) is 2.14. The van der Waals surface area contributed by atoms with Gasteiger partial charge >= 0.3 is 0 Å². The molecule has 0 bridgehead atoms. The Kier molecular flexibility index (Phi) is 2.51. The lowest BCUT2D eigenvalue weighted by molar-refractivity contribution is 0.438. The first kappa shape index (κ1) is 8.97. The second-order valence-corrected chi connectivity index (χ2v) is 4.35. The van der Waals surface area contributed by atoms with E-state index in [4.69, 9.17) is 0 Å². The number of hydrogen-bond donors (Lipinski definition) is 0. The maximum atomic E-state index is 3.48. The fourth-order valence-electron chi connectivity index (χ4n) is 1.58. The minimum Gasteiger partial charge on any atom is -0.298 e. The van der Waals surface area contributed by atoms with Gasteiger partial charge in [-0.25, -0.2) is 0 Å². The van der Waals surface area contributed by atoms with Crippen molar-refractivity contribution in [2.45, 2.75) is 0 Å². The smallest absolute Gasteiger partial charge is 0.0237 e. The van der Waals surface area contributed by atoms with Crippen LogP contribution in [0, 0.1) is 0 Å². The lowest BCUT2D eigenvalue weighted by atomic mass is 10.1. The first-order valence-electron chi connectivity index (χ1n) is 4.39. The minimum atomic E-state index is 1.07. The molecule has 13 heavy (non-hydrogen) atoms. The molecule has 0 unspecified atom stereocenters. The second-order valence-electron chi connectivity index (χ2n) is 3.44. The third-order valence-corrected chi connectivity index (χ3v) is 2.78. The van der Waals surface area contributed by atoms with E-state index in [0.717, 1.165) is 17.6 Å². The zero-order chi connectivity index (χ0) is 9.26. The van der Waals surface area contributed by atoms with E-state index >= 15 is 0 Å². The van der Waals surface area contributed by atoms with Gasteiger partial charge in [0.2, 0.25) is 0 Å². The van der Waals surface area contributed by atoms with Crippen LogP contribution in [0.25, 0.3) is 5.57 Å². The van der Waals surface area contributed by atoms with Gasteiger partial charge in [-0.2, -0.15) is 0 Å². The van der Waals surface area contributed by atoms with Gasteiger partial charge in [-0.15, -0.1) is 0 Å². The second kappa shape index (κ2) is 3.64. The lowest BCUT2D eigenvalue weighted by Crippen LogP contribution is -2.13. The van der Waals surface area contributed by atoms with Crippen molar-refractivity contribution in [2.24, 2.45) is 0 Å². The van der Waals surface area contributed by atoms with Crippen molar-refractivity contribution in [3.05, 3.63) is 40.4 Å². The maximum absolute atomic E-state index is 3.48. The summed E-state index contributed by atoms with van der Waals surface area (Å²) < 4.78 is 1.15. The van der Waals surface area contributed by atoms with Crippen LogP contribution in [0.15, 0.2) is 34.8 Å². The molecule has 1 nitrogen and oxygen atoms in total. The van der Waals surface area contributed by atoms with Gasteiger partial charge in [-0.05, 0) is 30.3 Å². The molecule has 1 aliphatic heterocycles. The molecule has 0 spiro atoms. The maximum Gasteiger partial charge on any atom is 0.0237 e. The van der Waals surface area contributed by atoms with Crippen LogP contribution in [-0.2, 0) is 0 Å². The zero-order valence-electron chi connectivity index (χ0n) is 7.63. The van der Waals surface area contributed by atoms with Crippen LogP contribution in [0.5, 0.6) is 0 Å². The van der Waals surface area contributed by atoms with E-state index in [2.05, 4.69) is 58.2 Å². The Morgan fingerprint density at radius 2 is 2.23 bits per heavy atom. The van der Waals surface area contributed by atoms with E-state index in [1.807, 2.05) is 0 Å². The Morgan fingerprint density at radius 1 is 1.38 bits per heavy atom. The normalized spacial score (nSPS) is 17.5. The van der Waals surface area contributed by atoms with Crippen molar-refractivity contribution < 1.29 is 0 Å². The molecule has 1 aromatic rings. The van der Waals surface area contributed by atoms with Crippen molar-refractivity contribution in [2.75, 3.05) is 20.1 Å². The Labute approximate surface area is 87.2 Å². The molecular weight excluding hydrogens is 226 g/mol. The first-order valence-corrected chi connectivity index (χ1v) is 5.18. The van der Waals surface area contributed by atoms with E-state index < -0.39 is 0 Å². The predicted octanol–water partition coefficient (Wildman–Crippen LogP) is 2.78. The Bertz CT molecular complexity index is 344. The molecule has 0 amide bonds. The van der Waals surface area contributed by atoms with Crippen molar-refractivity contribution in [1.29, 1.82) is 0 Å². The number of likely N-dealkylation sites (N-methyl/N-ethyl adjacent to an activating group) is 1. The van der Waals surface area contributed by atoms with Gasteiger partial charge in [0.1, 0.15) is 0 Å². The van der Waals surface area contributed by atoms with Gasteiger partial charge in [0.05, 0.1) is 0 Å². The average Bonchev–Trinajstić information content (AvgIpc) is 2.52. The monoisotopic (exact) mass is 237 g/mol. The van der Waals surface area contributed by atoms with Gasteiger partial charge in [0.25, 0.3) is 0 Å². The summed E-state index contributed by atoms with van der Waals surface area (Å²) in [4.78, 5) is 2.30. The highest BCUT2D eigenvalue weighted by atomic mass is 79.9.